The zero-order chi connectivity index (χ0) is 41.3. The molecule has 0 saturated heterocycles. The predicted octanol–water partition coefficient (Wildman–Crippen LogP) is -0.884. The lowest BCUT2D eigenvalue weighted by atomic mass is 10.0. The summed E-state index contributed by atoms with van der Waals surface area (Å²) in [6.07, 6.45) is 7.92. The maximum absolute atomic E-state index is 14.3. The van der Waals surface area contributed by atoms with Gasteiger partial charge in [-0.2, -0.15) is 0 Å². The Morgan fingerprint density at radius 2 is 1.46 bits per heavy atom. The molecular weight excluding hydrogens is 729 g/mol. The van der Waals surface area contributed by atoms with Gasteiger partial charge in [-0.25, -0.2) is 0 Å². The number of rotatable bonds is 22. The number of benzene rings is 2. The van der Waals surface area contributed by atoms with Crippen molar-refractivity contribution in [2.45, 2.75) is 82.5 Å². The van der Waals surface area contributed by atoms with Crippen LogP contribution in [0.1, 0.15) is 57.4 Å². The van der Waals surface area contributed by atoms with Crippen molar-refractivity contribution in [3.8, 4) is 0 Å². The van der Waals surface area contributed by atoms with Crippen LogP contribution in [0.5, 0.6) is 0 Å². The first kappa shape index (κ1) is 43.4. The van der Waals surface area contributed by atoms with Gasteiger partial charge in [-0.15, -0.1) is 0 Å². The second-order valence-electron chi connectivity index (χ2n) is 14.2. The van der Waals surface area contributed by atoms with Crippen molar-refractivity contribution in [2.24, 2.45) is 27.2 Å². The fraction of sp³-hybridized carbons (Fsp3) is 0.415. The molecule has 1 aliphatic heterocycles. The van der Waals surface area contributed by atoms with Gasteiger partial charge in [0.25, 0.3) is 0 Å². The fourth-order valence-electron chi connectivity index (χ4n) is 6.63. The van der Waals surface area contributed by atoms with Gasteiger partial charge in [0, 0.05) is 38.1 Å². The van der Waals surface area contributed by atoms with E-state index in [2.05, 4.69) is 31.3 Å². The maximum atomic E-state index is 14.3. The summed E-state index contributed by atoms with van der Waals surface area (Å²) in [5.41, 5.74) is 18.9. The van der Waals surface area contributed by atoms with Gasteiger partial charge in [0.2, 0.25) is 35.4 Å². The van der Waals surface area contributed by atoms with Gasteiger partial charge in [0.05, 0.1) is 18.4 Å². The highest BCUT2D eigenvalue weighted by Crippen LogP contribution is 2.18. The number of nitrogens with zero attached hydrogens (tertiary/aromatic N) is 3. The first-order valence-corrected chi connectivity index (χ1v) is 19.1. The Kier molecular flexibility index (Phi) is 16.5. The van der Waals surface area contributed by atoms with E-state index in [1.165, 1.54) is 7.05 Å². The molecular formula is C41H54N10O6. The second-order valence-corrected chi connectivity index (χ2v) is 14.2. The van der Waals surface area contributed by atoms with Crippen molar-refractivity contribution >= 4 is 47.0 Å². The number of nitrogens with two attached hydrogens (primary N) is 3. The van der Waals surface area contributed by atoms with E-state index in [1.807, 2.05) is 67.6 Å². The molecule has 1 heterocycles. The Bertz CT molecular complexity index is 1990. The van der Waals surface area contributed by atoms with Crippen molar-refractivity contribution in [2.75, 3.05) is 26.7 Å². The van der Waals surface area contributed by atoms with E-state index in [4.69, 9.17) is 17.2 Å². The Morgan fingerprint density at radius 1 is 0.807 bits per heavy atom. The van der Waals surface area contributed by atoms with Crippen molar-refractivity contribution in [3.63, 3.8) is 0 Å². The molecule has 2 unspecified atom stereocenters. The molecule has 304 valence electrons. The van der Waals surface area contributed by atoms with Crippen molar-refractivity contribution in [3.05, 3.63) is 94.5 Å². The third kappa shape index (κ3) is 13.7. The summed E-state index contributed by atoms with van der Waals surface area (Å²) < 4.78 is 0. The van der Waals surface area contributed by atoms with E-state index in [-0.39, 0.29) is 63.5 Å². The van der Waals surface area contributed by atoms with Crippen LogP contribution in [-0.4, -0.2) is 97.2 Å². The van der Waals surface area contributed by atoms with E-state index in [0.29, 0.717) is 19.4 Å². The van der Waals surface area contributed by atoms with E-state index in [0.717, 1.165) is 32.2 Å². The monoisotopic (exact) mass is 782 g/mol. The molecule has 0 bridgehead atoms. The van der Waals surface area contributed by atoms with Crippen LogP contribution in [0.4, 0.5) is 0 Å². The van der Waals surface area contributed by atoms with E-state index in [1.54, 1.807) is 12.1 Å². The third-order valence-corrected chi connectivity index (χ3v) is 9.50. The minimum atomic E-state index is -1.21. The molecule has 0 fully saturated rings. The number of para-hydroxylation sites is 1. The van der Waals surface area contributed by atoms with E-state index >= 15 is 0 Å². The summed E-state index contributed by atoms with van der Waals surface area (Å²) in [6, 6.07) is 12.0. The molecule has 2 aromatic rings. The number of carbonyl (C=O) groups is 6. The Balaban J connectivity index is 1.62. The molecule has 1 aliphatic carbocycles. The lowest BCUT2D eigenvalue weighted by Gasteiger charge is -2.28. The predicted molar refractivity (Wildman–Crippen MR) is 216 cm³/mol. The average molecular weight is 783 g/mol. The SMILES string of the molecule is CCCC(=O)N[C@@H](CC1=CC=CC1)C(=O)NC(Cc1ccccc1)C(=O)N[C@@H](CCCN=C(N)N)C(=O)NC(CC1=c2ccccc2=NC1)C(=O)N(C)CC(N)=O. The van der Waals surface area contributed by atoms with Gasteiger partial charge < -0.3 is 43.4 Å². The highest BCUT2D eigenvalue weighted by atomic mass is 16.2. The Labute approximate surface area is 332 Å². The minimum absolute atomic E-state index is 0.0595. The van der Waals surface area contributed by atoms with Crippen LogP contribution < -0.4 is 49.0 Å². The van der Waals surface area contributed by atoms with Gasteiger partial charge in [0.1, 0.15) is 24.2 Å². The van der Waals surface area contributed by atoms with Crippen molar-refractivity contribution in [1.82, 2.24) is 26.2 Å². The van der Waals surface area contributed by atoms with Crippen LogP contribution in [0.2, 0.25) is 0 Å². The topological polar surface area (TPSA) is 257 Å². The molecule has 10 N–H and O–H groups in total. The largest absolute Gasteiger partial charge is 0.370 e. The highest BCUT2D eigenvalue weighted by Gasteiger charge is 2.33. The first-order valence-electron chi connectivity index (χ1n) is 19.1. The molecule has 0 saturated carbocycles. The molecule has 2 aliphatic rings. The number of aliphatic imine (C=N–C) groups is 1. The number of guanidine groups is 1. The standard InChI is InChI=1S/C41H54N10O6/c1-3-12-36(53)47-32(21-27-15-7-8-16-27)38(55)49-33(22-26-13-5-4-6-14-26)39(56)48-31(19-11-20-45-41(43)44)37(54)50-34(40(57)51(2)25-35(42)52)23-28-24-46-30-18-10-9-17-29(28)30/h4-10,13-15,17-18,31-34H,3,11-12,16,19-25H2,1-2H3,(H2,42,52)(H,47,53)(H,48,56)(H,49,55)(H,50,54)(H4,43,44,45)/t31-,32-,33?,34?/m0/s1. The van der Waals surface area contributed by atoms with Gasteiger partial charge in [-0.05, 0) is 49.3 Å². The number of likely N-dealkylation sites (N-methyl/N-ethyl adjacent to an activating group) is 1. The Hall–Kier alpha value is -6.32. The van der Waals surface area contributed by atoms with Crippen LogP contribution in [0, 0.1) is 0 Å². The lowest BCUT2D eigenvalue weighted by molar-refractivity contribution is -0.138. The van der Waals surface area contributed by atoms with E-state index < -0.39 is 53.7 Å². The molecule has 6 amide bonds. The van der Waals surface area contributed by atoms with Gasteiger partial charge >= 0.3 is 0 Å². The normalized spacial score (nSPS) is 14.8. The number of fused-ring (bicyclic) bond motifs is 1. The fourth-order valence-corrected chi connectivity index (χ4v) is 6.63. The number of amides is 6. The van der Waals surface area contributed by atoms with Gasteiger partial charge in [-0.1, -0.05) is 79.3 Å². The molecule has 57 heavy (non-hydrogen) atoms. The maximum Gasteiger partial charge on any atom is 0.245 e. The molecule has 2 aromatic carbocycles. The van der Waals surface area contributed by atoms with Gasteiger partial charge in [0.15, 0.2) is 5.96 Å². The van der Waals surface area contributed by atoms with Crippen molar-refractivity contribution in [1.29, 1.82) is 0 Å². The van der Waals surface area contributed by atoms with Crippen LogP contribution in [0.15, 0.2) is 88.4 Å². The number of allylic oxidation sites excluding steroid dienone is 3. The smallest absolute Gasteiger partial charge is 0.245 e. The second kappa shape index (κ2) is 21.7. The molecule has 4 rings (SSSR count). The summed E-state index contributed by atoms with van der Waals surface area (Å²) in [5.74, 6) is -3.63. The molecule has 0 aromatic heterocycles. The number of carbonyl (C=O) groups excluding carboxylic acids is 6. The summed E-state index contributed by atoms with van der Waals surface area (Å²) in [5, 5.41) is 12.9. The molecule has 16 heteroatoms. The zero-order valence-electron chi connectivity index (χ0n) is 32.5. The Morgan fingerprint density at radius 3 is 2.12 bits per heavy atom. The summed E-state index contributed by atoms with van der Waals surface area (Å²) >= 11 is 0. The zero-order valence-corrected chi connectivity index (χ0v) is 32.5. The average Bonchev–Trinajstić information content (AvgIpc) is 3.85. The molecule has 16 nitrogen and oxygen atoms in total. The lowest BCUT2D eigenvalue weighted by Crippen LogP contribution is -2.59. The highest BCUT2D eigenvalue weighted by molar-refractivity contribution is 5.96. The van der Waals surface area contributed by atoms with Crippen molar-refractivity contribution < 1.29 is 28.8 Å². The molecule has 4 atom stereocenters. The number of nitrogens with one attached hydrogen (secondary N) is 4. The van der Waals surface area contributed by atoms with Crippen LogP contribution in [-0.2, 0) is 35.2 Å². The van der Waals surface area contributed by atoms with Crippen LogP contribution in [0.3, 0.4) is 0 Å². The summed E-state index contributed by atoms with van der Waals surface area (Å²) in [7, 11) is 1.41. The molecule has 0 spiro atoms. The minimum Gasteiger partial charge on any atom is -0.370 e. The quantitative estimate of drug-likeness (QED) is 0.0447. The van der Waals surface area contributed by atoms with Crippen LogP contribution in [0.25, 0.3) is 5.57 Å². The van der Waals surface area contributed by atoms with Crippen LogP contribution >= 0.6 is 0 Å². The number of primary amides is 1. The number of hydrogen-bond acceptors (Lipinski definition) is 8. The summed E-state index contributed by atoms with van der Waals surface area (Å²) in [4.78, 5) is 90.3. The summed E-state index contributed by atoms with van der Waals surface area (Å²) in [6.45, 7) is 1.94. The number of hydrogen-bond donors (Lipinski definition) is 7. The first-order chi connectivity index (χ1) is 27.3. The van der Waals surface area contributed by atoms with E-state index in [9.17, 15) is 28.8 Å². The van der Waals surface area contributed by atoms with Gasteiger partial charge in [-0.3, -0.25) is 38.8 Å². The molecule has 0 radical (unpaired) electrons. The third-order valence-electron chi connectivity index (χ3n) is 9.50.